The summed E-state index contributed by atoms with van der Waals surface area (Å²) in [7, 11) is 2.23. The van der Waals surface area contributed by atoms with Gasteiger partial charge in [0, 0.05) is 6.04 Å². The summed E-state index contributed by atoms with van der Waals surface area (Å²) in [6, 6.07) is 3.26. The maximum atomic E-state index is 9.65. The van der Waals surface area contributed by atoms with Gasteiger partial charge in [-0.05, 0) is 65.1 Å². The summed E-state index contributed by atoms with van der Waals surface area (Å²) < 4.78 is 0. The Balaban J connectivity index is 2.51. The monoisotopic (exact) mass is 279 g/mol. The topological polar surface area (TPSA) is 39.1 Å². The first-order chi connectivity index (χ1) is 9.59. The van der Waals surface area contributed by atoms with Crippen LogP contribution < -0.4 is 5.32 Å². The van der Waals surface area contributed by atoms with Gasteiger partial charge in [0.15, 0.2) is 0 Å². The Bertz CT molecular complexity index is 310. The smallest absolute Gasteiger partial charge is 0.109 e. The zero-order chi connectivity index (χ0) is 15.0. The van der Waals surface area contributed by atoms with Gasteiger partial charge in [-0.15, -0.1) is 0 Å². The van der Waals surface area contributed by atoms with Crippen LogP contribution in [0.3, 0.4) is 0 Å². The Hall–Kier alpha value is -0.590. The molecule has 0 aromatic rings. The largest absolute Gasteiger partial charge is 0.304 e. The lowest BCUT2D eigenvalue weighted by atomic mass is 9.85. The summed E-state index contributed by atoms with van der Waals surface area (Å²) in [5.41, 5.74) is -0.245. The predicted molar refractivity (Wildman–Crippen MR) is 85.6 cm³/mol. The molecule has 1 fully saturated rings. The molecule has 1 aliphatic carbocycles. The highest BCUT2D eigenvalue weighted by atomic mass is 15.1. The van der Waals surface area contributed by atoms with Gasteiger partial charge < -0.3 is 4.90 Å². The minimum atomic E-state index is -0.245. The van der Waals surface area contributed by atoms with Crippen LogP contribution >= 0.6 is 0 Å². The van der Waals surface area contributed by atoms with E-state index in [0.717, 1.165) is 32.4 Å². The molecule has 0 aromatic heterocycles. The fourth-order valence-corrected chi connectivity index (χ4v) is 3.45. The number of rotatable bonds is 9. The molecule has 3 heteroatoms. The molecule has 3 nitrogen and oxygen atoms in total. The third-order valence-corrected chi connectivity index (χ3v) is 5.00. The number of hydrogen-bond acceptors (Lipinski definition) is 3. The second-order valence-corrected chi connectivity index (χ2v) is 6.51. The van der Waals surface area contributed by atoms with Gasteiger partial charge in [-0.1, -0.05) is 26.7 Å². The molecule has 1 rings (SSSR count). The fraction of sp³-hybridized carbons (Fsp3) is 0.941. The summed E-state index contributed by atoms with van der Waals surface area (Å²) in [5, 5.41) is 13.2. The fourth-order valence-electron chi connectivity index (χ4n) is 3.45. The van der Waals surface area contributed by atoms with Crippen LogP contribution in [0, 0.1) is 17.2 Å². The lowest BCUT2D eigenvalue weighted by Crippen LogP contribution is -2.48. The summed E-state index contributed by atoms with van der Waals surface area (Å²) in [6.45, 7) is 8.80. The number of nitrogens with one attached hydrogen (secondary N) is 1. The molecule has 1 saturated carbocycles. The van der Waals surface area contributed by atoms with Gasteiger partial charge in [-0.3, -0.25) is 5.32 Å². The Labute approximate surface area is 125 Å². The van der Waals surface area contributed by atoms with Crippen LogP contribution in [0.4, 0.5) is 0 Å². The highest BCUT2D eigenvalue weighted by Crippen LogP contribution is 2.37. The average molecular weight is 279 g/mol. The van der Waals surface area contributed by atoms with E-state index in [9.17, 15) is 5.26 Å². The highest BCUT2D eigenvalue weighted by Gasteiger charge is 2.42. The van der Waals surface area contributed by atoms with E-state index >= 15 is 0 Å². The maximum absolute atomic E-state index is 9.65. The molecule has 1 N–H and O–H groups in total. The van der Waals surface area contributed by atoms with Crippen LogP contribution in [0.15, 0.2) is 0 Å². The van der Waals surface area contributed by atoms with Gasteiger partial charge in [0.05, 0.1) is 6.07 Å². The SMILES string of the molecule is CCCNC1(C#N)CCCC1CCN(C)C(C)CCC. The molecular weight excluding hydrogens is 246 g/mol. The van der Waals surface area contributed by atoms with Gasteiger partial charge in [0.2, 0.25) is 0 Å². The van der Waals surface area contributed by atoms with E-state index in [2.05, 4.69) is 44.1 Å². The van der Waals surface area contributed by atoms with Gasteiger partial charge in [-0.25, -0.2) is 0 Å². The third kappa shape index (κ3) is 4.46. The van der Waals surface area contributed by atoms with Crippen LogP contribution in [-0.4, -0.2) is 36.6 Å². The molecule has 0 aromatic carbocycles. The van der Waals surface area contributed by atoms with Crippen molar-refractivity contribution in [3.63, 3.8) is 0 Å². The number of nitrogens with zero attached hydrogens (tertiary/aromatic N) is 2. The van der Waals surface area contributed by atoms with Crippen molar-refractivity contribution < 1.29 is 0 Å². The molecular formula is C17H33N3. The number of hydrogen-bond donors (Lipinski definition) is 1. The molecule has 20 heavy (non-hydrogen) atoms. The molecule has 0 spiro atoms. The van der Waals surface area contributed by atoms with Gasteiger partial charge in [0.1, 0.15) is 5.54 Å². The summed E-state index contributed by atoms with van der Waals surface area (Å²) in [4.78, 5) is 2.46. The van der Waals surface area contributed by atoms with Crippen LogP contribution in [0.1, 0.15) is 65.7 Å². The molecule has 0 heterocycles. The lowest BCUT2D eigenvalue weighted by molar-refractivity contribution is 0.206. The van der Waals surface area contributed by atoms with Crippen molar-refractivity contribution in [3.05, 3.63) is 0 Å². The minimum Gasteiger partial charge on any atom is -0.304 e. The van der Waals surface area contributed by atoms with Crippen molar-refractivity contribution in [1.29, 1.82) is 5.26 Å². The van der Waals surface area contributed by atoms with Crippen LogP contribution in [0.2, 0.25) is 0 Å². The van der Waals surface area contributed by atoms with Gasteiger partial charge >= 0.3 is 0 Å². The minimum absolute atomic E-state index is 0.245. The molecule has 3 unspecified atom stereocenters. The second kappa shape index (κ2) is 8.64. The lowest BCUT2D eigenvalue weighted by Gasteiger charge is -2.32. The van der Waals surface area contributed by atoms with E-state index in [1.165, 1.54) is 25.7 Å². The highest BCUT2D eigenvalue weighted by molar-refractivity contribution is 5.14. The van der Waals surface area contributed by atoms with Crippen molar-refractivity contribution in [3.8, 4) is 6.07 Å². The zero-order valence-electron chi connectivity index (χ0n) is 13.9. The Morgan fingerprint density at radius 3 is 2.75 bits per heavy atom. The van der Waals surface area contributed by atoms with Crippen molar-refractivity contribution in [2.24, 2.45) is 5.92 Å². The molecule has 3 atom stereocenters. The van der Waals surface area contributed by atoms with Crippen LogP contribution in [-0.2, 0) is 0 Å². The van der Waals surface area contributed by atoms with Crippen LogP contribution in [0.5, 0.6) is 0 Å². The Kier molecular flexibility index (Phi) is 7.55. The average Bonchev–Trinajstić information content (AvgIpc) is 2.86. The summed E-state index contributed by atoms with van der Waals surface area (Å²) in [5.74, 6) is 0.523. The first kappa shape index (κ1) is 17.5. The quantitative estimate of drug-likeness (QED) is 0.701. The van der Waals surface area contributed by atoms with Gasteiger partial charge in [-0.2, -0.15) is 5.26 Å². The zero-order valence-corrected chi connectivity index (χ0v) is 13.9. The summed E-state index contributed by atoms with van der Waals surface area (Å²) >= 11 is 0. The second-order valence-electron chi connectivity index (χ2n) is 6.51. The Morgan fingerprint density at radius 2 is 2.15 bits per heavy atom. The van der Waals surface area contributed by atoms with Crippen molar-refractivity contribution in [2.75, 3.05) is 20.1 Å². The van der Waals surface area contributed by atoms with Crippen molar-refractivity contribution in [1.82, 2.24) is 10.2 Å². The number of nitriles is 1. The van der Waals surface area contributed by atoms with E-state index in [4.69, 9.17) is 0 Å². The van der Waals surface area contributed by atoms with E-state index in [1.807, 2.05) is 0 Å². The molecule has 0 radical (unpaired) electrons. The van der Waals surface area contributed by atoms with Crippen molar-refractivity contribution >= 4 is 0 Å². The summed E-state index contributed by atoms with van der Waals surface area (Å²) in [6.07, 6.45) is 8.19. The molecule has 1 aliphatic rings. The first-order valence-electron chi connectivity index (χ1n) is 8.46. The van der Waals surface area contributed by atoms with E-state index in [-0.39, 0.29) is 5.54 Å². The van der Waals surface area contributed by atoms with E-state index in [1.54, 1.807) is 0 Å². The van der Waals surface area contributed by atoms with Gasteiger partial charge in [0.25, 0.3) is 0 Å². The van der Waals surface area contributed by atoms with E-state index < -0.39 is 0 Å². The van der Waals surface area contributed by atoms with Crippen LogP contribution in [0.25, 0.3) is 0 Å². The maximum Gasteiger partial charge on any atom is 0.109 e. The van der Waals surface area contributed by atoms with Crippen molar-refractivity contribution in [2.45, 2.75) is 77.3 Å². The third-order valence-electron chi connectivity index (χ3n) is 5.00. The standard InChI is InChI=1S/C17H33N3/c1-5-8-15(3)20(4)13-10-16-9-7-11-17(16,14-18)19-12-6-2/h15-16,19H,5-13H2,1-4H3. The molecule has 0 aliphatic heterocycles. The molecule has 0 bridgehead atoms. The molecule has 0 amide bonds. The normalized spacial score (nSPS) is 27.7. The predicted octanol–water partition coefficient (Wildman–Crippen LogP) is 3.56. The Morgan fingerprint density at radius 1 is 1.40 bits per heavy atom. The first-order valence-corrected chi connectivity index (χ1v) is 8.46. The van der Waals surface area contributed by atoms with E-state index in [0.29, 0.717) is 12.0 Å². The molecule has 0 saturated heterocycles. The molecule has 116 valence electrons.